The van der Waals surface area contributed by atoms with Crippen LogP contribution in [0.4, 0.5) is 0 Å². The summed E-state index contributed by atoms with van der Waals surface area (Å²) in [4.78, 5) is 21.8. The number of aromatic nitrogens is 4. The Morgan fingerprint density at radius 1 is 1.55 bits per heavy atom. The first-order valence-electron chi connectivity index (χ1n) is 7.63. The van der Waals surface area contributed by atoms with Gasteiger partial charge in [-0.25, -0.2) is 4.98 Å². The van der Waals surface area contributed by atoms with Gasteiger partial charge in [0.15, 0.2) is 0 Å². The Morgan fingerprint density at radius 3 is 3.18 bits per heavy atom. The topological polar surface area (TPSA) is 78.8 Å². The summed E-state index contributed by atoms with van der Waals surface area (Å²) in [7, 11) is 3.77. The second-order valence-electron chi connectivity index (χ2n) is 5.79. The molecule has 1 atom stereocenters. The maximum atomic E-state index is 12.6. The zero-order valence-electron chi connectivity index (χ0n) is 13.0. The van der Waals surface area contributed by atoms with E-state index in [4.69, 9.17) is 0 Å². The minimum atomic E-state index is -0.321. The van der Waals surface area contributed by atoms with E-state index in [1.807, 2.05) is 26.5 Å². The van der Waals surface area contributed by atoms with E-state index in [2.05, 4.69) is 20.4 Å². The number of imidazole rings is 1. The summed E-state index contributed by atoms with van der Waals surface area (Å²) in [6.45, 7) is 1.53. The van der Waals surface area contributed by atoms with Gasteiger partial charge in [0, 0.05) is 45.5 Å². The van der Waals surface area contributed by atoms with Gasteiger partial charge in [0.2, 0.25) is 5.91 Å². The number of carbonyl (C=O) groups excluding carboxylic acids is 1. The van der Waals surface area contributed by atoms with Crippen LogP contribution in [0, 0.1) is 0 Å². The zero-order valence-corrected chi connectivity index (χ0v) is 13.0. The molecule has 1 aliphatic heterocycles. The molecule has 22 heavy (non-hydrogen) atoms. The van der Waals surface area contributed by atoms with Gasteiger partial charge in [0.25, 0.3) is 0 Å². The first-order chi connectivity index (χ1) is 10.6. The van der Waals surface area contributed by atoms with E-state index in [1.54, 1.807) is 15.9 Å². The van der Waals surface area contributed by atoms with Crippen LogP contribution in [0.25, 0.3) is 0 Å². The predicted molar refractivity (Wildman–Crippen MR) is 82.2 cm³/mol. The summed E-state index contributed by atoms with van der Waals surface area (Å²) < 4.78 is 1.80. The highest BCUT2D eigenvalue weighted by Crippen LogP contribution is 2.21. The molecule has 0 radical (unpaired) electrons. The van der Waals surface area contributed by atoms with E-state index in [0.717, 1.165) is 43.7 Å². The Kier molecular flexibility index (Phi) is 4.24. The highest BCUT2D eigenvalue weighted by atomic mass is 16.2. The van der Waals surface area contributed by atoms with Crippen LogP contribution >= 0.6 is 0 Å². The largest absolute Gasteiger partial charge is 0.348 e. The number of aryl methyl sites for hydroxylation is 2. The molecule has 7 heteroatoms. The maximum Gasteiger partial charge on any atom is 0.245 e. The van der Waals surface area contributed by atoms with Crippen LogP contribution in [0.15, 0.2) is 18.7 Å². The average Bonchev–Trinajstić information content (AvgIpc) is 3.14. The fraction of sp³-hybridized carbons (Fsp3) is 0.533. The Bertz CT molecular complexity index is 646. The van der Waals surface area contributed by atoms with Crippen LogP contribution in [-0.2, 0) is 24.7 Å². The summed E-state index contributed by atoms with van der Waals surface area (Å²) in [6.07, 6.45) is 8.30. The molecular formula is C15H22N6O. The molecule has 118 valence electrons. The summed E-state index contributed by atoms with van der Waals surface area (Å²) in [5, 5.41) is 7.42. The standard InChI is InChI=1S/C15H22N6O/c1-20(7-3-4-11-8-19-21(2)9-11)15(22)14-13-12(5-6-16-14)17-10-18-13/h8-10,14,16H,3-7H2,1-2H3,(H,17,18). The molecule has 0 aliphatic carbocycles. The Labute approximate surface area is 129 Å². The van der Waals surface area contributed by atoms with Gasteiger partial charge in [-0.1, -0.05) is 0 Å². The lowest BCUT2D eigenvalue weighted by atomic mass is 10.0. The first kappa shape index (κ1) is 14.8. The van der Waals surface area contributed by atoms with Gasteiger partial charge >= 0.3 is 0 Å². The number of H-pyrrole nitrogens is 1. The number of hydrogen-bond donors (Lipinski definition) is 2. The maximum absolute atomic E-state index is 12.6. The third kappa shape index (κ3) is 3.04. The Morgan fingerprint density at radius 2 is 2.41 bits per heavy atom. The lowest BCUT2D eigenvalue weighted by Crippen LogP contribution is -2.42. The van der Waals surface area contributed by atoms with E-state index in [1.165, 1.54) is 5.56 Å². The summed E-state index contributed by atoms with van der Waals surface area (Å²) in [5.74, 6) is 0.0826. The van der Waals surface area contributed by atoms with Gasteiger partial charge in [0.05, 0.1) is 18.2 Å². The van der Waals surface area contributed by atoms with Crippen LogP contribution in [0.2, 0.25) is 0 Å². The Hall–Kier alpha value is -2.15. The van der Waals surface area contributed by atoms with E-state index >= 15 is 0 Å². The van der Waals surface area contributed by atoms with Gasteiger partial charge in [-0.2, -0.15) is 5.10 Å². The molecule has 3 heterocycles. The van der Waals surface area contributed by atoms with Crippen molar-refractivity contribution in [2.24, 2.45) is 7.05 Å². The number of aromatic amines is 1. The SMILES string of the molecule is CN(CCCc1cnn(C)c1)C(=O)C1NCCc2[nH]cnc21. The fourth-order valence-corrected chi connectivity index (χ4v) is 2.87. The lowest BCUT2D eigenvalue weighted by molar-refractivity contribution is -0.132. The van der Waals surface area contributed by atoms with Crippen molar-refractivity contribution < 1.29 is 4.79 Å². The number of likely N-dealkylation sites (N-methyl/N-ethyl adjacent to an activating group) is 1. The van der Waals surface area contributed by atoms with Crippen LogP contribution in [0.3, 0.4) is 0 Å². The highest BCUT2D eigenvalue weighted by Gasteiger charge is 2.30. The Balaban J connectivity index is 1.54. The minimum Gasteiger partial charge on any atom is -0.348 e. The van der Waals surface area contributed by atoms with E-state index in [0.29, 0.717) is 0 Å². The number of amides is 1. The molecule has 0 fully saturated rings. The van der Waals surface area contributed by atoms with Gasteiger partial charge in [-0.05, 0) is 18.4 Å². The first-order valence-corrected chi connectivity index (χ1v) is 7.63. The molecular weight excluding hydrogens is 280 g/mol. The smallest absolute Gasteiger partial charge is 0.245 e. The van der Waals surface area contributed by atoms with Gasteiger partial charge < -0.3 is 15.2 Å². The molecule has 0 saturated carbocycles. The van der Waals surface area contributed by atoms with Crippen molar-refractivity contribution in [2.45, 2.75) is 25.3 Å². The number of nitrogens with one attached hydrogen (secondary N) is 2. The van der Waals surface area contributed by atoms with Crippen molar-refractivity contribution in [1.82, 2.24) is 30.0 Å². The minimum absolute atomic E-state index is 0.0826. The normalized spacial score (nSPS) is 17.3. The van der Waals surface area contributed by atoms with Crippen molar-refractivity contribution in [3.63, 3.8) is 0 Å². The summed E-state index contributed by atoms with van der Waals surface area (Å²) >= 11 is 0. The number of rotatable bonds is 5. The lowest BCUT2D eigenvalue weighted by Gasteiger charge is -2.27. The zero-order chi connectivity index (χ0) is 15.5. The molecule has 0 saturated heterocycles. The number of nitrogens with zero attached hydrogens (tertiary/aromatic N) is 4. The molecule has 3 rings (SSSR count). The molecule has 2 aromatic rings. The predicted octanol–water partition coefficient (Wildman–Crippen LogP) is 0.421. The molecule has 2 aromatic heterocycles. The third-order valence-corrected chi connectivity index (χ3v) is 4.09. The van der Waals surface area contributed by atoms with Crippen molar-refractivity contribution in [2.75, 3.05) is 20.1 Å². The molecule has 1 unspecified atom stereocenters. The van der Waals surface area contributed by atoms with Gasteiger partial charge in [-0.3, -0.25) is 9.48 Å². The molecule has 7 nitrogen and oxygen atoms in total. The van der Waals surface area contributed by atoms with Crippen LogP contribution in [-0.4, -0.2) is 50.7 Å². The van der Waals surface area contributed by atoms with Crippen molar-refractivity contribution >= 4 is 5.91 Å². The van der Waals surface area contributed by atoms with Crippen molar-refractivity contribution in [1.29, 1.82) is 0 Å². The third-order valence-electron chi connectivity index (χ3n) is 4.09. The quantitative estimate of drug-likeness (QED) is 0.839. The summed E-state index contributed by atoms with van der Waals surface area (Å²) in [5.41, 5.74) is 3.12. The number of fused-ring (bicyclic) bond motifs is 1. The van der Waals surface area contributed by atoms with E-state index in [-0.39, 0.29) is 11.9 Å². The molecule has 0 bridgehead atoms. The number of carbonyl (C=O) groups is 1. The van der Waals surface area contributed by atoms with Crippen LogP contribution < -0.4 is 5.32 Å². The highest BCUT2D eigenvalue weighted by molar-refractivity contribution is 5.83. The molecule has 1 aliphatic rings. The van der Waals surface area contributed by atoms with E-state index < -0.39 is 0 Å². The second kappa shape index (κ2) is 6.31. The molecule has 2 N–H and O–H groups in total. The molecule has 1 amide bonds. The number of hydrogen-bond acceptors (Lipinski definition) is 4. The van der Waals surface area contributed by atoms with Crippen LogP contribution in [0.1, 0.15) is 29.4 Å². The molecule has 0 spiro atoms. The summed E-state index contributed by atoms with van der Waals surface area (Å²) in [6, 6.07) is -0.321. The van der Waals surface area contributed by atoms with Crippen molar-refractivity contribution in [3.05, 3.63) is 35.7 Å². The monoisotopic (exact) mass is 302 g/mol. The average molecular weight is 302 g/mol. The van der Waals surface area contributed by atoms with Gasteiger partial charge in [-0.15, -0.1) is 0 Å². The second-order valence-corrected chi connectivity index (χ2v) is 5.79. The molecule has 0 aromatic carbocycles. The van der Waals surface area contributed by atoms with Crippen molar-refractivity contribution in [3.8, 4) is 0 Å². The van der Waals surface area contributed by atoms with E-state index in [9.17, 15) is 4.79 Å². The van der Waals surface area contributed by atoms with Crippen LogP contribution in [0.5, 0.6) is 0 Å². The van der Waals surface area contributed by atoms with Gasteiger partial charge in [0.1, 0.15) is 6.04 Å². The fourth-order valence-electron chi connectivity index (χ4n) is 2.87.